The number of nitrogens with one attached hydrogen (secondary N) is 1. The van der Waals surface area contributed by atoms with Crippen molar-refractivity contribution in [1.29, 1.82) is 0 Å². The highest BCUT2D eigenvalue weighted by molar-refractivity contribution is 6.32. The molecule has 0 atom stereocenters. The van der Waals surface area contributed by atoms with Gasteiger partial charge in [-0.3, -0.25) is 0 Å². The van der Waals surface area contributed by atoms with Crippen LogP contribution in [-0.2, 0) is 6.54 Å². The molecule has 0 saturated heterocycles. The Labute approximate surface area is 149 Å². The number of aryl methyl sites for hydroxylation is 2. The van der Waals surface area contributed by atoms with Crippen molar-refractivity contribution in [2.75, 3.05) is 18.5 Å². The third-order valence-electron chi connectivity index (χ3n) is 3.68. The van der Waals surface area contributed by atoms with E-state index >= 15 is 0 Å². The Hall–Kier alpha value is -1.87. The molecule has 4 heteroatoms. The number of ether oxygens (including phenoxy) is 2. The Morgan fingerprint density at radius 2 is 1.83 bits per heavy atom. The molecule has 1 N–H and O–H groups in total. The molecular weight excluding hydrogens is 322 g/mol. The highest BCUT2D eigenvalue weighted by atomic mass is 35.5. The highest BCUT2D eigenvalue weighted by Crippen LogP contribution is 2.37. The minimum atomic E-state index is 0.576. The van der Waals surface area contributed by atoms with Crippen LogP contribution in [0.25, 0.3) is 0 Å². The van der Waals surface area contributed by atoms with E-state index in [9.17, 15) is 0 Å². The minimum Gasteiger partial charge on any atom is -0.490 e. The van der Waals surface area contributed by atoms with Crippen molar-refractivity contribution in [1.82, 2.24) is 0 Å². The van der Waals surface area contributed by atoms with Crippen LogP contribution in [0.3, 0.4) is 0 Å². The topological polar surface area (TPSA) is 30.5 Å². The molecule has 2 aromatic carbocycles. The number of hydrogen-bond donors (Lipinski definition) is 1. The zero-order valence-corrected chi connectivity index (χ0v) is 15.7. The van der Waals surface area contributed by atoms with E-state index in [4.69, 9.17) is 21.1 Å². The van der Waals surface area contributed by atoms with E-state index in [0.29, 0.717) is 36.3 Å². The SMILES string of the molecule is CCCOc1c(Cl)cc(CNc2ccc(C)cc2C)cc1OCC. The van der Waals surface area contributed by atoms with Crippen LogP contribution in [0.1, 0.15) is 37.0 Å². The average Bonchev–Trinajstić information content (AvgIpc) is 2.53. The minimum absolute atomic E-state index is 0.576. The van der Waals surface area contributed by atoms with Crippen molar-refractivity contribution in [3.8, 4) is 11.5 Å². The van der Waals surface area contributed by atoms with E-state index < -0.39 is 0 Å². The molecule has 0 unspecified atom stereocenters. The predicted molar refractivity (Wildman–Crippen MR) is 102 cm³/mol. The first-order valence-corrected chi connectivity index (χ1v) is 8.82. The number of anilines is 1. The molecule has 3 nitrogen and oxygen atoms in total. The van der Waals surface area contributed by atoms with E-state index in [2.05, 4.69) is 44.3 Å². The van der Waals surface area contributed by atoms with Crippen molar-refractivity contribution in [3.05, 3.63) is 52.0 Å². The van der Waals surface area contributed by atoms with Gasteiger partial charge in [0.15, 0.2) is 11.5 Å². The lowest BCUT2D eigenvalue weighted by molar-refractivity contribution is 0.277. The lowest BCUT2D eigenvalue weighted by atomic mass is 10.1. The van der Waals surface area contributed by atoms with Crippen LogP contribution in [0.4, 0.5) is 5.69 Å². The van der Waals surface area contributed by atoms with Gasteiger partial charge in [0, 0.05) is 12.2 Å². The van der Waals surface area contributed by atoms with Crippen LogP contribution in [0.2, 0.25) is 5.02 Å². The first kappa shape index (κ1) is 18.5. The molecule has 2 rings (SSSR count). The third-order valence-corrected chi connectivity index (χ3v) is 3.97. The zero-order valence-electron chi connectivity index (χ0n) is 14.9. The second kappa shape index (κ2) is 8.84. The van der Waals surface area contributed by atoms with E-state index in [1.165, 1.54) is 11.1 Å². The lowest BCUT2D eigenvalue weighted by Gasteiger charge is -2.16. The molecule has 0 heterocycles. The largest absolute Gasteiger partial charge is 0.490 e. The van der Waals surface area contributed by atoms with Crippen molar-refractivity contribution >= 4 is 17.3 Å². The molecule has 0 aliphatic rings. The Morgan fingerprint density at radius 3 is 2.50 bits per heavy atom. The molecule has 24 heavy (non-hydrogen) atoms. The van der Waals surface area contributed by atoms with Crippen LogP contribution in [0, 0.1) is 13.8 Å². The summed E-state index contributed by atoms with van der Waals surface area (Å²) in [5.74, 6) is 1.34. The highest BCUT2D eigenvalue weighted by Gasteiger charge is 2.12. The third kappa shape index (κ3) is 4.81. The van der Waals surface area contributed by atoms with Gasteiger partial charge in [-0.25, -0.2) is 0 Å². The first-order chi connectivity index (χ1) is 11.5. The van der Waals surface area contributed by atoms with Gasteiger partial charge in [0.25, 0.3) is 0 Å². The summed E-state index contributed by atoms with van der Waals surface area (Å²) < 4.78 is 11.5. The number of hydrogen-bond acceptors (Lipinski definition) is 3. The second-order valence-corrected chi connectivity index (χ2v) is 6.27. The summed E-state index contributed by atoms with van der Waals surface area (Å²) in [6, 6.07) is 10.3. The molecule has 0 amide bonds. The normalized spacial score (nSPS) is 10.5. The fraction of sp³-hybridized carbons (Fsp3) is 0.400. The van der Waals surface area contributed by atoms with Crippen molar-refractivity contribution in [2.45, 2.75) is 40.7 Å². The maximum atomic E-state index is 6.41. The Bertz CT molecular complexity index is 686. The predicted octanol–water partition coefficient (Wildman–Crippen LogP) is 5.76. The van der Waals surface area contributed by atoms with E-state index in [-0.39, 0.29) is 0 Å². The quantitative estimate of drug-likeness (QED) is 0.658. The molecule has 0 saturated carbocycles. The number of rotatable bonds is 8. The summed E-state index contributed by atoms with van der Waals surface area (Å²) >= 11 is 6.41. The van der Waals surface area contributed by atoms with Crippen LogP contribution < -0.4 is 14.8 Å². The first-order valence-electron chi connectivity index (χ1n) is 8.44. The van der Waals surface area contributed by atoms with E-state index in [1.807, 2.05) is 19.1 Å². The van der Waals surface area contributed by atoms with Crippen molar-refractivity contribution in [2.24, 2.45) is 0 Å². The maximum Gasteiger partial charge on any atom is 0.179 e. The van der Waals surface area contributed by atoms with Gasteiger partial charge < -0.3 is 14.8 Å². The van der Waals surface area contributed by atoms with Gasteiger partial charge in [0.05, 0.1) is 18.2 Å². The van der Waals surface area contributed by atoms with Crippen LogP contribution >= 0.6 is 11.6 Å². The van der Waals surface area contributed by atoms with Gasteiger partial charge in [-0.05, 0) is 56.5 Å². The van der Waals surface area contributed by atoms with Crippen molar-refractivity contribution in [3.63, 3.8) is 0 Å². The summed E-state index contributed by atoms with van der Waals surface area (Å²) in [6.45, 7) is 10.1. The van der Waals surface area contributed by atoms with Gasteiger partial charge in [0.2, 0.25) is 0 Å². The Morgan fingerprint density at radius 1 is 1.04 bits per heavy atom. The van der Waals surface area contributed by atoms with Crippen LogP contribution in [0.5, 0.6) is 11.5 Å². The van der Waals surface area contributed by atoms with Gasteiger partial charge in [0.1, 0.15) is 0 Å². The fourth-order valence-corrected chi connectivity index (χ4v) is 2.83. The molecule has 2 aromatic rings. The molecule has 0 aliphatic carbocycles. The molecule has 0 fully saturated rings. The Balaban J connectivity index is 2.17. The zero-order chi connectivity index (χ0) is 17.5. The lowest BCUT2D eigenvalue weighted by Crippen LogP contribution is -2.04. The number of benzene rings is 2. The van der Waals surface area contributed by atoms with Crippen LogP contribution in [-0.4, -0.2) is 13.2 Å². The second-order valence-electron chi connectivity index (χ2n) is 5.86. The van der Waals surface area contributed by atoms with Gasteiger partial charge in [-0.1, -0.05) is 36.2 Å². The summed E-state index contributed by atoms with van der Waals surface area (Å²) in [5.41, 5.74) is 4.68. The molecule has 130 valence electrons. The fourth-order valence-electron chi connectivity index (χ4n) is 2.54. The molecule has 0 radical (unpaired) electrons. The van der Waals surface area contributed by atoms with Crippen molar-refractivity contribution < 1.29 is 9.47 Å². The van der Waals surface area contributed by atoms with Gasteiger partial charge >= 0.3 is 0 Å². The van der Waals surface area contributed by atoms with Gasteiger partial charge in [-0.2, -0.15) is 0 Å². The summed E-state index contributed by atoms with van der Waals surface area (Å²) in [6.07, 6.45) is 0.928. The monoisotopic (exact) mass is 347 g/mol. The number of halogens is 1. The smallest absolute Gasteiger partial charge is 0.179 e. The standard InChI is InChI=1S/C20H26ClNO2/c1-5-9-24-20-17(21)11-16(12-19(20)23-6-2)13-22-18-8-7-14(3)10-15(18)4/h7-8,10-12,22H,5-6,9,13H2,1-4H3. The average molecular weight is 348 g/mol. The maximum absolute atomic E-state index is 6.41. The Kier molecular flexibility index (Phi) is 6.80. The molecule has 0 aliphatic heterocycles. The summed E-state index contributed by atoms with van der Waals surface area (Å²) in [4.78, 5) is 0. The summed E-state index contributed by atoms with van der Waals surface area (Å²) in [5, 5.41) is 4.05. The molecule has 0 spiro atoms. The molecule has 0 bridgehead atoms. The van der Waals surface area contributed by atoms with Crippen LogP contribution in [0.15, 0.2) is 30.3 Å². The van der Waals surface area contributed by atoms with E-state index in [1.54, 1.807) is 0 Å². The van der Waals surface area contributed by atoms with Gasteiger partial charge in [-0.15, -0.1) is 0 Å². The summed E-state index contributed by atoms with van der Waals surface area (Å²) in [7, 11) is 0. The van der Waals surface area contributed by atoms with E-state index in [0.717, 1.165) is 17.7 Å². The molecule has 0 aromatic heterocycles. The molecular formula is C20H26ClNO2.